The van der Waals surface area contributed by atoms with Crippen LogP contribution in [0.2, 0.25) is 0 Å². The fourth-order valence-corrected chi connectivity index (χ4v) is 3.68. The van der Waals surface area contributed by atoms with Crippen LogP contribution in [0.5, 0.6) is 0 Å². The van der Waals surface area contributed by atoms with E-state index in [1.165, 1.54) is 17.0 Å². The van der Waals surface area contributed by atoms with Crippen molar-refractivity contribution >= 4 is 27.7 Å². The summed E-state index contributed by atoms with van der Waals surface area (Å²) in [6, 6.07) is 7.52. The number of carbonyl (C=O) groups is 2. The Labute approximate surface area is 173 Å². The van der Waals surface area contributed by atoms with Gasteiger partial charge < -0.3 is 10.2 Å². The summed E-state index contributed by atoms with van der Waals surface area (Å²) in [6.07, 6.45) is -3.20. The van der Waals surface area contributed by atoms with Crippen LogP contribution in [0.15, 0.2) is 46.9 Å². The van der Waals surface area contributed by atoms with Crippen molar-refractivity contribution < 1.29 is 27.2 Å². The van der Waals surface area contributed by atoms with Gasteiger partial charge in [-0.05, 0) is 55.3 Å². The van der Waals surface area contributed by atoms with E-state index < -0.39 is 23.5 Å². The van der Waals surface area contributed by atoms with Gasteiger partial charge in [0.05, 0.1) is 5.56 Å². The Hall–Kier alpha value is -2.42. The zero-order valence-corrected chi connectivity index (χ0v) is 16.7. The molecule has 1 atom stereocenters. The van der Waals surface area contributed by atoms with Gasteiger partial charge in [-0.25, -0.2) is 4.39 Å². The maximum atomic E-state index is 13.6. The molecule has 0 spiro atoms. The van der Waals surface area contributed by atoms with E-state index in [1.807, 2.05) is 0 Å². The first kappa shape index (κ1) is 21.3. The van der Waals surface area contributed by atoms with Crippen molar-refractivity contribution in [2.24, 2.45) is 0 Å². The van der Waals surface area contributed by atoms with E-state index in [1.54, 1.807) is 0 Å². The number of halogens is 5. The van der Waals surface area contributed by atoms with Crippen LogP contribution in [0.1, 0.15) is 39.1 Å². The molecule has 1 fully saturated rings. The summed E-state index contributed by atoms with van der Waals surface area (Å²) in [7, 11) is 0. The Morgan fingerprint density at radius 1 is 1.07 bits per heavy atom. The summed E-state index contributed by atoms with van der Waals surface area (Å²) in [5, 5.41) is 2.76. The Bertz CT molecular complexity index is 895. The Morgan fingerprint density at radius 2 is 1.76 bits per heavy atom. The van der Waals surface area contributed by atoms with Crippen LogP contribution >= 0.6 is 15.9 Å². The molecular weight excluding hydrogens is 456 g/mol. The van der Waals surface area contributed by atoms with Gasteiger partial charge in [0.2, 0.25) is 0 Å². The van der Waals surface area contributed by atoms with Gasteiger partial charge >= 0.3 is 6.18 Å². The Morgan fingerprint density at radius 3 is 2.38 bits per heavy atom. The van der Waals surface area contributed by atoms with Crippen LogP contribution in [-0.2, 0) is 6.18 Å². The van der Waals surface area contributed by atoms with Gasteiger partial charge in [-0.3, -0.25) is 9.59 Å². The molecular formula is C20H17BrF4N2O2. The van der Waals surface area contributed by atoms with Crippen molar-refractivity contribution in [2.75, 3.05) is 13.1 Å². The quantitative estimate of drug-likeness (QED) is 0.661. The second-order valence-corrected chi connectivity index (χ2v) is 7.71. The molecule has 0 aromatic heterocycles. The number of benzene rings is 2. The van der Waals surface area contributed by atoms with Crippen molar-refractivity contribution in [3.8, 4) is 0 Å². The lowest BCUT2D eigenvalue weighted by atomic mass is 10.0. The molecule has 0 bridgehead atoms. The molecule has 1 heterocycles. The minimum Gasteiger partial charge on any atom is -0.348 e. The molecule has 2 aromatic rings. The second-order valence-electron chi connectivity index (χ2n) is 6.80. The third kappa shape index (κ3) is 5.35. The third-order valence-corrected chi connectivity index (χ3v) is 5.09. The van der Waals surface area contributed by atoms with Crippen LogP contribution in [0.4, 0.5) is 17.6 Å². The van der Waals surface area contributed by atoms with Crippen LogP contribution in [0.3, 0.4) is 0 Å². The summed E-state index contributed by atoms with van der Waals surface area (Å²) < 4.78 is 51.9. The first-order valence-electron chi connectivity index (χ1n) is 8.87. The highest BCUT2D eigenvalue weighted by atomic mass is 79.9. The standard InChI is InChI=1S/C20H17BrF4N2O2/c21-15-8-13(9-16(22)10-15)19(29)27-7-1-2-17(11-27)26-18(28)12-3-5-14(6-4-12)20(23,24)25/h3-6,8-10,17H,1-2,7,11H2,(H,26,28). The molecule has 2 aromatic carbocycles. The topological polar surface area (TPSA) is 49.4 Å². The van der Waals surface area contributed by atoms with Crippen molar-refractivity contribution in [3.05, 3.63) is 69.4 Å². The molecule has 1 saturated heterocycles. The van der Waals surface area contributed by atoms with E-state index in [4.69, 9.17) is 0 Å². The summed E-state index contributed by atoms with van der Waals surface area (Å²) in [5.41, 5.74) is -0.521. The number of piperidine rings is 1. The number of amides is 2. The van der Waals surface area contributed by atoms with E-state index in [0.29, 0.717) is 23.9 Å². The fourth-order valence-electron chi connectivity index (χ4n) is 3.22. The predicted octanol–water partition coefficient (Wildman–Crippen LogP) is 4.64. The van der Waals surface area contributed by atoms with E-state index >= 15 is 0 Å². The summed E-state index contributed by atoms with van der Waals surface area (Å²) in [5.74, 6) is -1.39. The predicted molar refractivity (Wildman–Crippen MR) is 102 cm³/mol. The van der Waals surface area contributed by atoms with Crippen LogP contribution in [0, 0.1) is 5.82 Å². The number of carbonyl (C=O) groups excluding carboxylic acids is 2. The molecule has 0 aliphatic carbocycles. The molecule has 3 rings (SSSR count). The van der Waals surface area contributed by atoms with E-state index in [2.05, 4.69) is 21.2 Å². The maximum Gasteiger partial charge on any atom is 0.416 e. The molecule has 2 amide bonds. The van der Waals surface area contributed by atoms with E-state index in [0.717, 1.165) is 30.3 Å². The summed E-state index contributed by atoms with van der Waals surface area (Å²) in [4.78, 5) is 26.5. The number of hydrogen-bond acceptors (Lipinski definition) is 2. The van der Waals surface area contributed by atoms with Gasteiger partial charge in [-0.15, -0.1) is 0 Å². The van der Waals surface area contributed by atoms with E-state index in [9.17, 15) is 27.2 Å². The Balaban J connectivity index is 1.64. The van der Waals surface area contributed by atoms with Crippen molar-refractivity contribution in [1.82, 2.24) is 10.2 Å². The number of likely N-dealkylation sites (tertiary alicyclic amines) is 1. The average Bonchev–Trinajstić information content (AvgIpc) is 2.66. The fraction of sp³-hybridized carbons (Fsp3) is 0.300. The van der Waals surface area contributed by atoms with Crippen LogP contribution in [0.25, 0.3) is 0 Å². The van der Waals surface area contributed by atoms with Gasteiger partial charge in [0.15, 0.2) is 0 Å². The molecule has 1 N–H and O–H groups in total. The average molecular weight is 473 g/mol. The van der Waals surface area contributed by atoms with Gasteiger partial charge in [-0.1, -0.05) is 15.9 Å². The zero-order valence-electron chi connectivity index (χ0n) is 15.1. The van der Waals surface area contributed by atoms with Gasteiger partial charge in [0.25, 0.3) is 11.8 Å². The summed E-state index contributed by atoms with van der Waals surface area (Å²) in [6.45, 7) is 0.707. The van der Waals surface area contributed by atoms with Crippen LogP contribution in [-0.4, -0.2) is 35.8 Å². The molecule has 4 nitrogen and oxygen atoms in total. The number of nitrogens with one attached hydrogen (secondary N) is 1. The first-order valence-corrected chi connectivity index (χ1v) is 9.66. The van der Waals surface area contributed by atoms with E-state index in [-0.39, 0.29) is 29.6 Å². The summed E-state index contributed by atoms with van der Waals surface area (Å²) >= 11 is 3.15. The minimum atomic E-state index is -4.47. The lowest BCUT2D eigenvalue weighted by Gasteiger charge is -2.33. The highest BCUT2D eigenvalue weighted by Crippen LogP contribution is 2.29. The number of alkyl halides is 3. The maximum absolute atomic E-state index is 13.6. The highest BCUT2D eigenvalue weighted by Gasteiger charge is 2.30. The third-order valence-electron chi connectivity index (χ3n) is 4.63. The molecule has 9 heteroatoms. The largest absolute Gasteiger partial charge is 0.416 e. The van der Waals surface area contributed by atoms with Gasteiger partial charge in [-0.2, -0.15) is 13.2 Å². The van der Waals surface area contributed by atoms with Crippen LogP contribution < -0.4 is 5.32 Å². The molecule has 0 radical (unpaired) electrons. The molecule has 1 aliphatic rings. The first-order chi connectivity index (χ1) is 13.6. The molecule has 0 saturated carbocycles. The van der Waals surface area contributed by atoms with Crippen molar-refractivity contribution in [3.63, 3.8) is 0 Å². The second kappa shape index (κ2) is 8.52. The van der Waals surface area contributed by atoms with Crippen molar-refractivity contribution in [2.45, 2.75) is 25.1 Å². The Kier molecular flexibility index (Phi) is 6.26. The number of nitrogens with zero attached hydrogens (tertiary/aromatic N) is 1. The minimum absolute atomic E-state index is 0.107. The SMILES string of the molecule is O=C(NC1CCCN(C(=O)c2cc(F)cc(Br)c2)C1)c1ccc(C(F)(F)F)cc1. The number of hydrogen-bond donors (Lipinski definition) is 1. The normalized spacial score (nSPS) is 17.1. The van der Waals surface area contributed by atoms with Crippen molar-refractivity contribution in [1.29, 1.82) is 0 Å². The lowest BCUT2D eigenvalue weighted by Crippen LogP contribution is -2.49. The number of rotatable bonds is 3. The monoisotopic (exact) mass is 472 g/mol. The molecule has 1 aliphatic heterocycles. The van der Waals surface area contributed by atoms with Gasteiger partial charge in [0.1, 0.15) is 5.82 Å². The lowest BCUT2D eigenvalue weighted by molar-refractivity contribution is -0.137. The smallest absolute Gasteiger partial charge is 0.348 e. The van der Waals surface area contributed by atoms with Gasteiger partial charge in [0, 0.05) is 34.7 Å². The highest BCUT2D eigenvalue weighted by molar-refractivity contribution is 9.10. The molecule has 29 heavy (non-hydrogen) atoms. The zero-order chi connectivity index (χ0) is 21.2. The molecule has 154 valence electrons. The molecule has 1 unspecified atom stereocenters.